The van der Waals surface area contributed by atoms with Gasteiger partial charge in [-0.2, -0.15) is 5.10 Å². The molecule has 0 aliphatic carbocycles. The van der Waals surface area contributed by atoms with Gasteiger partial charge in [0.05, 0.1) is 6.20 Å². The Balaban J connectivity index is 1.56. The average Bonchev–Trinajstić information content (AvgIpc) is 3.31. The van der Waals surface area contributed by atoms with Crippen LogP contribution in [0.15, 0.2) is 41.7 Å². The van der Waals surface area contributed by atoms with Gasteiger partial charge in [0, 0.05) is 58.5 Å². The van der Waals surface area contributed by atoms with Crippen LogP contribution >= 0.6 is 0 Å². The number of amides is 1. The van der Waals surface area contributed by atoms with Crippen molar-refractivity contribution in [1.29, 1.82) is 0 Å². The molecule has 0 saturated carbocycles. The number of aryl methyl sites for hydroxylation is 1. The van der Waals surface area contributed by atoms with Crippen molar-refractivity contribution in [2.75, 3.05) is 27.2 Å². The van der Waals surface area contributed by atoms with E-state index in [2.05, 4.69) is 31.8 Å². The third-order valence-electron chi connectivity index (χ3n) is 4.79. The number of carbonyl (C=O) groups excluding carboxylic acids is 1. The molecule has 26 heavy (non-hydrogen) atoms. The van der Waals surface area contributed by atoms with Gasteiger partial charge in [-0.15, -0.1) is 0 Å². The SMILES string of the molecule is CN=C(NCc1ccc(C(=O)NC)cc1)N1CCC(c2cnn(C)c2)C1. The quantitative estimate of drug-likeness (QED) is 0.642. The molecule has 2 aromatic rings. The van der Waals surface area contributed by atoms with Gasteiger partial charge in [0.25, 0.3) is 5.91 Å². The van der Waals surface area contributed by atoms with Gasteiger partial charge in [-0.25, -0.2) is 0 Å². The first kappa shape index (κ1) is 18.0. The number of aliphatic imine (C=N–C) groups is 1. The Morgan fingerprint density at radius 3 is 2.73 bits per heavy atom. The summed E-state index contributed by atoms with van der Waals surface area (Å²) in [7, 11) is 5.40. The Kier molecular flexibility index (Phi) is 5.55. The lowest BCUT2D eigenvalue weighted by Crippen LogP contribution is -2.39. The largest absolute Gasteiger partial charge is 0.355 e. The highest BCUT2D eigenvalue weighted by Crippen LogP contribution is 2.26. The summed E-state index contributed by atoms with van der Waals surface area (Å²) in [6.07, 6.45) is 5.16. The highest BCUT2D eigenvalue weighted by molar-refractivity contribution is 5.93. The first-order chi connectivity index (χ1) is 12.6. The minimum atomic E-state index is -0.0705. The van der Waals surface area contributed by atoms with Crippen LogP contribution in [-0.2, 0) is 13.6 Å². The van der Waals surface area contributed by atoms with Crippen molar-refractivity contribution in [3.05, 3.63) is 53.3 Å². The molecule has 1 aromatic carbocycles. The van der Waals surface area contributed by atoms with Gasteiger partial charge in [-0.1, -0.05) is 12.1 Å². The minimum absolute atomic E-state index is 0.0705. The van der Waals surface area contributed by atoms with Gasteiger partial charge in [-0.3, -0.25) is 14.5 Å². The van der Waals surface area contributed by atoms with E-state index in [1.165, 1.54) is 5.56 Å². The van der Waals surface area contributed by atoms with Crippen molar-refractivity contribution >= 4 is 11.9 Å². The van der Waals surface area contributed by atoms with E-state index in [1.807, 2.05) is 49.2 Å². The zero-order valence-electron chi connectivity index (χ0n) is 15.6. The number of hydrogen-bond donors (Lipinski definition) is 2. The van der Waals surface area contributed by atoms with Crippen molar-refractivity contribution in [2.24, 2.45) is 12.0 Å². The second kappa shape index (κ2) is 8.03. The zero-order valence-corrected chi connectivity index (χ0v) is 15.6. The minimum Gasteiger partial charge on any atom is -0.355 e. The standard InChI is InChI=1S/C19H26N6O/c1-20-18(26)15-6-4-14(5-7-15)10-22-19(21-2)25-9-8-16(13-25)17-11-23-24(3)12-17/h4-7,11-12,16H,8-10,13H2,1-3H3,(H,20,26)(H,21,22). The van der Waals surface area contributed by atoms with Crippen LogP contribution in [-0.4, -0.2) is 53.7 Å². The van der Waals surface area contributed by atoms with Crippen molar-refractivity contribution in [3.63, 3.8) is 0 Å². The van der Waals surface area contributed by atoms with Crippen LogP contribution in [0.5, 0.6) is 0 Å². The fourth-order valence-electron chi connectivity index (χ4n) is 3.31. The lowest BCUT2D eigenvalue weighted by atomic mass is 10.0. The van der Waals surface area contributed by atoms with Crippen molar-refractivity contribution in [2.45, 2.75) is 18.9 Å². The molecule has 1 aliphatic rings. The van der Waals surface area contributed by atoms with Crippen LogP contribution in [0.1, 0.15) is 33.8 Å². The van der Waals surface area contributed by atoms with Gasteiger partial charge in [0.15, 0.2) is 5.96 Å². The molecule has 138 valence electrons. The van der Waals surface area contributed by atoms with Crippen molar-refractivity contribution < 1.29 is 4.79 Å². The fraction of sp³-hybridized carbons (Fsp3) is 0.421. The summed E-state index contributed by atoms with van der Waals surface area (Å²) in [5, 5.41) is 10.3. The second-order valence-corrected chi connectivity index (χ2v) is 6.56. The molecule has 0 radical (unpaired) electrons. The van der Waals surface area contributed by atoms with Gasteiger partial charge in [0.2, 0.25) is 0 Å². The lowest BCUT2D eigenvalue weighted by molar-refractivity contribution is 0.0963. The molecule has 3 rings (SSSR count). The first-order valence-corrected chi connectivity index (χ1v) is 8.86. The summed E-state index contributed by atoms with van der Waals surface area (Å²) in [5.41, 5.74) is 3.07. The summed E-state index contributed by atoms with van der Waals surface area (Å²) in [6.45, 7) is 2.60. The molecule has 1 aromatic heterocycles. The smallest absolute Gasteiger partial charge is 0.251 e. The number of likely N-dealkylation sites (tertiary alicyclic amines) is 1. The van der Waals surface area contributed by atoms with E-state index in [1.54, 1.807) is 7.05 Å². The van der Waals surface area contributed by atoms with Crippen LogP contribution in [0.4, 0.5) is 0 Å². The summed E-state index contributed by atoms with van der Waals surface area (Å²) in [5.74, 6) is 1.33. The molecule has 2 heterocycles. The predicted octanol–water partition coefficient (Wildman–Crippen LogP) is 1.34. The maximum Gasteiger partial charge on any atom is 0.251 e. The van der Waals surface area contributed by atoms with Gasteiger partial charge < -0.3 is 15.5 Å². The van der Waals surface area contributed by atoms with E-state index in [9.17, 15) is 4.79 Å². The lowest BCUT2D eigenvalue weighted by Gasteiger charge is -2.21. The normalized spacial score (nSPS) is 17.4. The molecule has 7 heteroatoms. The molecule has 1 unspecified atom stereocenters. The average molecular weight is 354 g/mol. The van der Waals surface area contributed by atoms with Crippen LogP contribution in [0.2, 0.25) is 0 Å². The zero-order chi connectivity index (χ0) is 18.5. The number of benzene rings is 1. The third kappa shape index (κ3) is 4.04. The summed E-state index contributed by atoms with van der Waals surface area (Å²) in [6, 6.07) is 7.61. The maximum atomic E-state index is 11.6. The molecule has 2 N–H and O–H groups in total. The molecule has 7 nitrogen and oxygen atoms in total. The topological polar surface area (TPSA) is 74.6 Å². The molecule has 1 aliphatic heterocycles. The number of nitrogens with one attached hydrogen (secondary N) is 2. The third-order valence-corrected chi connectivity index (χ3v) is 4.79. The predicted molar refractivity (Wildman–Crippen MR) is 102 cm³/mol. The Labute approximate surface area is 154 Å². The molecule has 0 bridgehead atoms. The number of guanidine groups is 1. The van der Waals surface area contributed by atoms with E-state index in [4.69, 9.17) is 0 Å². The molecule has 1 amide bonds. The second-order valence-electron chi connectivity index (χ2n) is 6.56. The Bertz CT molecular complexity index is 780. The number of carbonyl (C=O) groups is 1. The molecular weight excluding hydrogens is 328 g/mol. The van der Waals surface area contributed by atoms with Crippen LogP contribution in [0.25, 0.3) is 0 Å². The highest BCUT2D eigenvalue weighted by atomic mass is 16.1. The maximum absolute atomic E-state index is 11.6. The summed E-state index contributed by atoms with van der Waals surface area (Å²) < 4.78 is 1.85. The van der Waals surface area contributed by atoms with E-state index < -0.39 is 0 Å². The summed E-state index contributed by atoms with van der Waals surface area (Å²) in [4.78, 5) is 18.3. The van der Waals surface area contributed by atoms with E-state index in [-0.39, 0.29) is 5.91 Å². The fourth-order valence-corrected chi connectivity index (χ4v) is 3.31. The number of hydrogen-bond acceptors (Lipinski definition) is 3. The highest BCUT2D eigenvalue weighted by Gasteiger charge is 2.26. The van der Waals surface area contributed by atoms with E-state index >= 15 is 0 Å². The molecule has 0 spiro atoms. The van der Waals surface area contributed by atoms with E-state index in [0.717, 1.165) is 31.0 Å². The van der Waals surface area contributed by atoms with Gasteiger partial charge in [-0.05, 0) is 29.7 Å². The van der Waals surface area contributed by atoms with Crippen LogP contribution in [0.3, 0.4) is 0 Å². The van der Waals surface area contributed by atoms with Gasteiger partial charge >= 0.3 is 0 Å². The summed E-state index contributed by atoms with van der Waals surface area (Å²) >= 11 is 0. The van der Waals surface area contributed by atoms with Crippen molar-refractivity contribution in [3.8, 4) is 0 Å². The van der Waals surface area contributed by atoms with Crippen molar-refractivity contribution in [1.82, 2.24) is 25.3 Å². The number of nitrogens with zero attached hydrogens (tertiary/aromatic N) is 4. The Hall–Kier alpha value is -2.83. The Morgan fingerprint density at radius 1 is 1.35 bits per heavy atom. The molecule has 1 atom stereocenters. The number of rotatable bonds is 4. The molecular formula is C19H26N6O. The monoisotopic (exact) mass is 354 g/mol. The first-order valence-electron chi connectivity index (χ1n) is 8.86. The Morgan fingerprint density at radius 2 is 2.12 bits per heavy atom. The van der Waals surface area contributed by atoms with Crippen LogP contribution in [0, 0.1) is 0 Å². The van der Waals surface area contributed by atoms with E-state index in [0.29, 0.717) is 18.0 Å². The number of aromatic nitrogens is 2. The van der Waals surface area contributed by atoms with Gasteiger partial charge in [0.1, 0.15) is 0 Å². The molecule has 1 saturated heterocycles. The van der Waals surface area contributed by atoms with Crippen LogP contribution < -0.4 is 10.6 Å². The molecule has 1 fully saturated rings.